The van der Waals surface area contributed by atoms with Crippen LogP contribution in [0.25, 0.3) is 0 Å². The van der Waals surface area contributed by atoms with Crippen LogP contribution in [-0.4, -0.2) is 59.5 Å². The summed E-state index contributed by atoms with van der Waals surface area (Å²) in [7, 11) is -3.01. The maximum atomic E-state index is 12.6. The van der Waals surface area contributed by atoms with E-state index in [-0.39, 0.29) is 35.3 Å². The number of nitrogens with two attached hydrogens (primary N) is 1. The van der Waals surface area contributed by atoms with Crippen LogP contribution >= 0.6 is 0 Å². The summed E-state index contributed by atoms with van der Waals surface area (Å²) in [4.78, 5) is 25.4. The van der Waals surface area contributed by atoms with E-state index in [9.17, 15) is 18.0 Å². The maximum Gasteiger partial charge on any atom is 0.257 e. The van der Waals surface area contributed by atoms with E-state index < -0.39 is 9.84 Å². The van der Waals surface area contributed by atoms with Gasteiger partial charge < -0.3 is 10.6 Å². The van der Waals surface area contributed by atoms with Gasteiger partial charge in [-0.3, -0.25) is 14.3 Å². The lowest BCUT2D eigenvalue weighted by molar-refractivity contribution is -0.121. The molecule has 2 atom stereocenters. The highest BCUT2D eigenvalue weighted by atomic mass is 32.2. The van der Waals surface area contributed by atoms with Crippen LogP contribution in [0.5, 0.6) is 0 Å². The molecule has 8 nitrogen and oxygen atoms in total. The lowest BCUT2D eigenvalue weighted by Crippen LogP contribution is -2.32. The number of carbonyl (C=O) groups is 2. The van der Waals surface area contributed by atoms with Crippen LogP contribution in [0.15, 0.2) is 6.20 Å². The summed E-state index contributed by atoms with van der Waals surface area (Å²) in [5, 5.41) is 4.22. The Labute approximate surface area is 134 Å². The van der Waals surface area contributed by atoms with Crippen molar-refractivity contribution in [2.24, 2.45) is 11.7 Å². The lowest BCUT2D eigenvalue weighted by Gasteiger charge is -2.16. The normalized spacial score (nSPS) is 26.6. The minimum Gasteiger partial charge on any atom is -0.369 e. The molecule has 0 radical (unpaired) electrons. The highest BCUT2D eigenvalue weighted by molar-refractivity contribution is 7.91. The number of likely N-dealkylation sites (tertiary alicyclic amines) is 1. The highest BCUT2D eigenvalue weighted by Crippen LogP contribution is 2.26. The third-order valence-corrected chi connectivity index (χ3v) is 6.46. The van der Waals surface area contributed by atoms with Gasteiger partial charge in [0.15, 0.2) is 9.84 Å². The van der Waals surface area contributed by atoms with Gasteiger partial charge in [0.25, 0.3) is 5.91 Å². The average molecular weight is 340 g/mol. The minimum atomic E-state index is -3.01. The molecule has 3 rings (SSSR count). The zero-order chi connectivity index (χ0) is 16.8. The van der Waals surface area contributed by atoms with E-state index >= 15 is 0 Å². The molecule has 0 aliphatic carbocycles. The van der Waals surface area contributed by atoms with Gasteiger partial charge in [-0.15, -0.1) is 0 Å². The van der Waals surface area contributed by atoms with E-state index in [1.165, 1.54) is 6.20 Å². The molecule has 2 N–H and O–H groups in total. The van der Waals surface area contributed by atoms with Crippen molar-refractivity contribution >= 4 is 21.7 Å². The Morgan fingerprint density at radius 2 is 2.09 bits per heavy atom. The van der Waals surface area contributed by atoms with Gasteiger partial charge in [0.2, 0.25) is 5.91 Å². The Hall–Kier alpha value is -1.90. The van der Waals surface area contributed by atoms with Gasteiger partial charge in [0, 0.05) is 18.8 Å². The van der Waals surface area contributed by atoms with E-state index in [4.69, 9.17) is 5.73 Å². The first-order valence-electron chi connectivity index (χ1n) is 7.61. The molecule has 0 bridgehead atoms. The zero-order valence-corrected chi connectivity index (χ0v) is 13.8. The Morgan fingerprint density at radius 1 is 1.35 bits per heavy atom. The molecule has 0 saturated carbocycles. The van der Waals surface area contributed by atoms with Gasteiger partial charge in [-0.25, -0.2) is 8.42 Å². The molecule has 2 fully saturated rings. The van der Waals surface area contributed by atoms with Crippen molar-refractivity contribution in [1.82, 2.24) is 14.7 Å². The number of carbonyl (C=O) groups excluding carboxylic acids is 2. The summed E-state index contributed by atoms with van der Waals surface area (Å²) >= 11 is 0. The third-order valence-electron chi connectivity index (χ3n) is 4.71. The van der Waals surface area contributed by atoms with Gasteiger partial charge in [-0.05, 0) is 19.8 Å². The summed E-state index contributed by atoms with van der Waals surface area (Å²) < 4.78 is 24.9. The van der Waals surface area contributed by atoms with Crippen LogP contribution < -0.4 is 5.73 Å². The summed E-state index contributed by atoms with van der Waals surface area (Å²) in [6.07, 6.45) is 2.58. The number of aromatic nitrogens is 2. The second-order valence-corrected chi connectivity index (χ2v) is 8.51. The molecule has 2 aliphatic heterocycles. The first-order chi connectivity index (χ1) is 10.8. The van der Waals surface area contributed by atoms with Crippen molar-refractivity contribution in [2.45, 2.75) is 25.8 Å². The van der Waals surface area contributed by atoms with Crippen molar-refractivity contribution in [3.8, 4) is 0 Å². The molecule has 2 aliphatic rings. The molecule has 0 unspecified atom stereocenters. The zero-order valence-electron chi connectivity index (χ0n) is 12.9. The summed E-state index contributed by atoms with van der Waals surface area (Å²) in [6, 6.07) is -0.210. The molecule has 2 amide bonds. The number of sulfone groups is 1. The molecule has 23 heavy (non-hydrogen) atoms. The third kappa shape index (κ3) is 2.97. The fraction of sp³-hybridized carbons (Fsp3) is 0.643. The van der Waals surface area contributed by atoms with E-state index in [1.807, 2.05) is 0 Å². The molecule has 1 aromatic rings. The Balaban J connectivity index is 1.77. The van der Waals surface area contributed by atoms with Gasteiger partial charge in [-0.2, -0.15) is 5.10 Å². The van der Waals surface area contributed by atoms with E-state index in [0.29, 0.717) is 37.2 Å². The van der Waals surface area contributed by atoms with Crippen LogP contribution in [0.2, 0.25) is 0 Å². The van der Waals surface area contributed by atoms with E-state index in [2.05, 4.69) is 5.10 Å². The SMILES string of the molecule is Cc1c(C(=O)N2CC[C@H](C(N)=O)C2)cnn1[C@H]1CCS(=O)(=O)C1. The van der Waals surface area contributed by atoms with Crippen LogP contribution in [-0.2, 0) is 14.6 Å². The van der Waals surface area contributed by atoms with Crippen molar-refractivity contribution < 1.29 is 18.0 Å². The minimum absolute atomic E-state index is 0.0661. The monoisotopic (exact) mass is 340 g/mol. The topological polar surface area (TPSA) is 115 Å². The molecule has 9 heteroatoms. The van der Waals surface area contributed by atoms with Crippen molar-refractivity contribution in [2.75, 3.05) is 24.6 Å². The van der Waals surface area contributed by atoms with Gasteiger partial charge >= 0.3 is 0 Å². The fourth-order valence-electron chi connectivity index (χ4n) is 3.32. The highest BCUT2D eigenvalue weighted by Gasteiger charge is 2.34. The molecule has 3 heterocycles. The van der Waals surface area contributed by atoms with Gasteiger partial charge in [0.05, 0.1) is 35.2 Å². The van der Waals surface area contributed by atoms with Crippen molar-refractivity contribution in [3.63, 3.8) is 0 Å². The van der Waals surface area contributed by atoms with Gasteiger partial charge in [0.1, 0.15) is 0 Å². The predicted molar refractivity (Wildman–Crippen MR) is 82.5 cm³/mol. The summed E-state index contributed by atoms with van der Waals surface area (Å²) in [6.45, 7) is 2.60. The standard InChI is InChI=1S/C14H20N4O4S/c1-9-12(14(20)17-4-2-10(7-17)13(15)19)6-16-18(9)11-3-5-23(21,22)8-11/h6,10-11H,2-5,7-8H2,1H3,(H2,15,19)/t10-,11-/m0/s1. The first-order valence-corrected chi connectivity index (χ1v) is 9.44. The fourth-order valence-corrected chi connectivity index (χ4v) is 5.01. The lowest BCUT2D eigenvalue weighted by atomic mass is 10.1. The Morgan fingerprint density at radius 3 is 2.65 bits per heavy atom. The van der Waals surface area contributed by atoms with Crippen LogP contribution in [0.4, 0.5) is 0 Å². The van der Waals surface area contributed by atoms with E-state index in [1.54, 1.807) is 16.5 Å². The summed E-state index contributed by atoms with van der Waals surface area (Å²) in [5.74, 6) is -0.639. The van der Waals surface area contributed by atoms with E-state index in [0.717, 1.165) is 0 Å². The van der Waals surface area contributed by atoms with Crippen LogP contribution in [0, 0.1) is 12.8 Å². The molecular formula is C14H20N4O4S. The number of rotatable bonds is 3. The van der Waals surface area contributed by atoms with Crippen LogP contribution in [0.3, 0.4) is 0 Å². The number of hydrogen-bond acceptors (Lipinski definition) is 5. The predicted octanol–water partition coefficient (Wildman–Crippen LogP) is -0.501. The number of nitrogens with zero attached hydrogens (tertiary/aromatic N) is 3. The summed E-state index contributed by atoms with van der Waals surface area (Å²) in [5.41, 5.74) is 6.41. The first kappa shape index (κ1) is 16.0. The molecule has 2 saturated heterocycles. The Kier molecular flexibility index (Phi) is 3.91. The molecule has 0 spiro atoms. The number of amides is 2. The molecule has 1 aromatic heterocycles. The second-order valence-electron chi connectivity index (χ2n) is 6.28. The van der Waals surface area contributed by atoms with Crippen molar-refractivity contribution in [1.29, 1.82) is 0 Å². The molecule has 0 aromatic carbocycles. The number of primary amides is 1. The maximum absolute atomic E-state index is 12.6. The van der Waals surface area contributed by atoms with Gasteiger partial charge in [-0.1, -0.05) is 0 Å². The van der Waals surface area contributed by atoms with Crippen LogP contribution in [0.1, 0.15) is 34.9 Å². The molecule has 126 valence electrons. The average Bonchev–Trinajstić information content (AvgIpc) is 3.16. The largest absolute Gasteiger partial charge is 0.369 e. The quantitative estimate of drug-likeness (QED) is 0.796. The number of hydrogen-bond donors (Lipinski definition) is 1. The second kappa shape index (κ2) is 5.63. The Bertz CT molecular complexity index is 755. The molecular weight excluding hydrogens is 320 g/mol. The van der Waals surface area contributed by atoms with Crippen molar-refractivity contribution in [3.05, 3.63) is 17.5 Å². The smallest absolute Gasteiger partial charge is 0.257 e.